The fourth-order valence-electron chi connectivity index (χ4n) is 2.85. The molecule has 0 heterocycles. The molecule has 0 bridgehead atoms. The van der Waals surface area contributed by atoms with Gasteiger partial charge in [-0.15, -0.1) is 8.58 Å². The van der Waals surface area contributed by atoms with Gasteiger partial charge in [0.2, 0.25) is 0 Å². The van der Waals surface area contributed by atoms with E-state index in [4.69, 9.17) is 4.74 Å². The normalized spacial score (nSPS) is 13.7. The summed E-state index contributed by atoms with van der Waals surface area (Å²) >= 11 is 0. The molecule has 0 saturated heterocycles. The van der Waals surface area contributed by atoms with E-state index in [-0.39, 0.29) is 5.60 Å². The van der Waals surface area contributed by atoms with Crippen LogP contribution < -0.4 is 4.74 Å². The van der Waals surface area contributed by atoms with Crippen LogP contribution in [0, 0.1) is 5.92 Å². The molecule has 0 saturated carbocycles. The third kappa shape index (κ3) is 5.08. The van der Waals surface area contributed by atoms with Crippen molar-refractivity contribution in [2.75, 3.05) is 6.66 Å². The Balaban J connectivity index is 2.10. The maximum Gasteiger partial charge on any atom is 0.128 e. The molecule has 2 unspecified atom stereocenters. The van der Waals surface area contributed by atoms with E-state index in [0.717, 1.165) is 20.2 Å². The molecule has 0 N–H and O–H groups in total. The highest BCUT2D eigenvalue weighted by molar-refractivity contribution is 7.37. The van der Waals surface area contributed by atoms with E-state index in [1.165, 1.54) is 17.5 Å². The number of hydrogen-bond donors (Lipinski definition) is 0. The summed E-state index contributed by atoms with van der Waals surface area (Å²) in [6.07, 6.45) is 1.25. The van der Waals surface area contributed by atoms with Crippen LogP contribution >= 0.6 is 8.58 Å². The summed E-state index contributed by atoms with van der Waals surface area (Å²) in [6, 6.07) is 19.1. The summed E-state index contributed by atoms with van der Waals surface area (Å²) in [6.45, 7) is 11.1. The molecule has 1 nitrogen and oxygen atoms in total. The first kappa shape index (κ1) is 18.0. The van der Waals surface area contributed by atoms with E-state index in [0.29, 0.717) is 5.66 Å². The van der Waals surface area contributed by atoms with Crippen molar-refractivity contribution in [2.45, 2.75) is 45.4 Å². The van der Waals surface area contributed by atoms with Crippen LogP contribution in [0.15, 0.2) is 54.6 Å². The lowest BCUT2D eigenvalue weighted by Crippen LogP contribution is -2.25. The van der Waals surface area contributed by atoms with Crippen molar-refractivity contribution < 1.29 is 4.74 Å². The predicted octanol–water partition coefficient (Wildman–Crippen LogP) is 6.40. The average Bonchev–Trinajstić information content (AvgIpc) is 2.54. The minimum atomic E-state index is -0.327. The highest BCUT2D eigenvalue weighted by Gasteiger charge is 2.22. The fourth-order valence-corrected chi connectivity index (χ4v) is 4.09. The quantitative estimate of drug-likeness (QED) is 0.535. The van der Waals surface area contributed by atoms with Crippen molar-refractivity contribution in [1.29, 1.82) is 0 Å². The van der Waals surface area contributed by atoms with Gasteiger partial charge in [-0.1, -0.05) is 56.3 Å². The van der Waals surface area contributed by atoms with Crippen molar-refractivity contribution in [3.05, 3.63) is 65.7 Å². The summed E-state index contributed by atoms with van der Waals surface area (Å²) in [5, 5.41) is 0. The maximum atomic E-state index is 6.24. The van der Waals surface area contributed by atoms with Crippen molar-refractivity contribution >= 4 is 8.58 Å². The second-order valence-electron chi connectivity index (χ2n) is 7.02. The van der Waals surface area contributed by atoms with E-state index in [1.54, 1.807) is 0 Å². The molecule has 0 aliphatic carbocycles. The molecule has 0 aromatic heterocycles. The molecule has 2 aromatic rings. The van der Waals surface area contributed by atoms with Crippen molar-refractivity contribution in [1.82, 2.24) is 0 Å². The van der Waals surface area contributed by atoms with Crippen molar-refractivity contribution in [2.24, 2.45) is 5.92 Å². The molecule has 0 spiro atoms. The third-order valence-corrected chi connectivity index (χ3v) is 5.45. The summed E-state index contributed by atoms with van der Waals surface area (Å²) in [7, 11) is 0.942. The Kier molecular flexibility index (Phi) is 6.25. The van der Waals surface area contributed by atoms with E-state index in [9.17, 15) is 0 Å². The van der Waals surface area contributed by atoms with Crippen LogP contribution in [0.2, 0.25) is 0 Å². The number of benzene rings is 2. The Hall–Kier alpha value is -1.33. The molecule has 0 amide bonds. The van der Waals surface area contributed by atoms with E-state index >= 15 is 0 Å². The van der Waals surface area contributed by atoms with E-state index < -0.39 is 0 Å². The van der Waals surface area contributed by atoms with Crippen LogP contribution in [0.25, 0.3) is 0 Å². The number of ether oxygens (including phenoxy) is 1. The molecule has 2 rings (SSSR count). The van der Waals surface area contributed by atoms with Crippen LogP contribution in [-0.4, -0.2) is 6.66 Å². The number of rotatable bonds is 7. The van der Waals surface area contributed by atoms with E-state index in [2.05, 4.69) is 82.9 Å². The molecule has 0 aliphatic rings. The molecule has 0 aliphatic heterocycles. The highest BCUT2D eigenvalue weighted by atomic mass is 31.1. The van der Waals surface area contributed by atoms with Gasteiger partial charge < -0.3 is 4.74 Å². The van der Waals surface area contributed by atoms with Crippen LogP contribution in [0.1, 0.15) is 50.9 Å². The lowest BCUT2D eigenvalue weighted by molar-refractivity contribution is 0.109. The van der Waals surface area contributed by atoms with Gasteiger partial charge in [0.25, 0.3) is 0 Å². The Labute approximate surface area is 143 Å². The molecule has 2 heteroatoms. The minimum absolute atomic E-state index is 0.327. The predicted molar refractivity (Wildman–Crippen MR) is 103 cm³/mol. The van der Waals surface area contributed by atoms with Gasteiger partial charge >= 0.3 is 0 Å². The van der Waals surface area contributed by atoms with Crippen molar-refractivity contribution in [3.8, 4) is 5.75 Å². The molecular formula is C21H29OP. The van der Waals surface area contributed by atoms with Gasteiger partial charge in [-0.2, -0.15) is 0 Å². The summed E-state index contributed by atoms with van der Waals surface area (Å²) < 4.78 is 6.24. The zero-order valence-corrected chi connectivity index (χ0v) is 16.0. The zero-order chi connectivity index (χ0) is 16.9. The Morgan fingerprint density at radius 1 is 0.957 bits per heavy atom. The SMILES string of the molecule is CPC(CC(C)C)c1ccc(OC(C)(C)c2ccccc2)cc1. The summed E-state index contributed by atoms with van der Waals surface area (Å²) in [5.41, 5.74) is 2.97. The Bertz CT molecular complexity index is 587. The van der Waals surface area contributed by atoms with Crippen LogP contribution in [-0.2, 0) is 5.60 Å². The Morgan fingerprint density at radius 3 is 2.09 bits per heavy atom. The van der Waals surface area contributed by atoms with Crippen LogP contribution in [0.5, 0.6) is 5.75 Å². The Morgan fingerprint density at radius 2 is 1.57 bits per heavy atom. The van der Waals surface area contributed by atoms with Crippen LogP contribution in [0.3, 0.4) is 0 Å². The number of hydrogen-bond acceptors (Lipinski definition) is 1. The average molecular weight is 328 g/mol. The lowest BCUT2D eigenvalue weighted by atomic mass is 9.98. The molecule has 0 radical (unpaired) electrons. The summed E-state index contributed by atoms with van der Waals surface area (Å²) in [5.74, 6) is 1.67. The molecule has 2 aromatic carbocycles. The molecule has 124 valence electrons. The smallest absolute Gasteiger partial charge is 0.128 e. The first-order chi connectivity index (χ1) is 10.9. The van der Waals surface area contributed by atoms with Gasteiger partial charge in [0.1, 0.15) is 11.4 Å². The monoisotopic (exact) mass is 328 g/mol. The lowest BCUT2D eigenvalue weighted by Gasteiger charge is -2.27. The first-order valence-electron chi connectivity index (χ1n) is 8.44. The van der Waals surface area contributed by atoms with E-state index in [1.807, 2.05) is 6.07 Å². The standard InChI is InChI=1S/C21H29OP/c1-16(2)15-20(23-5)17-11-13-19(14-12-17)22-21(3,4)18-9-7-6-8-10-18/h6-14,16,20,23H,15H2,1-5H3. The third-order valence-electron chi connectivity index (χ3n) is 4.18. The molecule has 2 atom stereocenters. The topological polar surface area (TPSA) is 9.23 Å². The van der Waals surface area contributed by atoms with Gasteiger partial charge in [-0.25, -0.2) is 0 Å². The van der Waals surface area contributed by atoms with Gasteiger partial charge in [0.15, 0.2) is 0 Å². The van der Waals surface area contributed by atoms with Gasteiger partial charge in [-0.05, 0) is 56.1 Å². The van der Waals surface area contributed by atoms with Crippen LogP contribution in [0.4, 0.5) is 0 Å². The zero-order valence-electron chi connectivity index (χ0n) is 15.0. The van der Waals surface area contributed by atoms with Gasteiger partial charge in [0.05, 0.1) is 0 Å². The second-order valence-corrected chi connectivity index (χ2v) is 8.29. The van der Waals surface area contributed by atoms with Gasteiger partial charge in [-0.3, -0.25) is 0 Å². The minimum Gasteiger partial charge on any atom is -0.483 e. The summed E-state index contributed by atoms with van der Waals surface area (Å²) in [4.78, 5) is 0. The fraction of sp³-hybridized carbons (Fsp3) is 0.429. The largest absolute Gasteiger partial charge is 0.483 e. The van der Waals surface area contributed by atoms with Gasteiger partial charge in [0, 0.05) is 5.66 Å². The first-order valence-corrected chi connectivity index (χ1v) is 10.0. The maximum absolute atomic E-state index is 6.24. The highest BCUT2D eigenvalue weighted by Crippen LogP contribution is 2.38. The van der Waals surface area contributed by atoms with Crippen molar-refractivity contribution in [3.63, 3.8) is 0 Å². The molecule has 23 heavy (non-hydrogen) atoms. The molecule has 0 fully saturated rings. The second kappa shape index (κ2) is 7.97. The molecular weight excluding hydrogens is 299 g/mol.